The van der Waals surface area contributed by atoms with Gasteiger partial charge < -0.3 is 23.4 Å². The molecule has 7 heteroatoms. The molecule has 3 aromatic carbocycles. The van der Waals surface area contributed by atoms with Gasteiger partial charge in [0.2, 0.25) is 11.2 Å². The number of carbonyl (C=O) groups excluding carboxylic acids is 1. The molecule has 0 atom stereocenters. The zero-order valence-electron chi connectivity index (χ0n) is 17.3. The molecule has 162 valence electrons. The largest absolute Gasteiger partial charge is 0.497 e. The molecule has 1 aromatic heterocycles. The van der Waals surface area contributed by atoms with E-state index in [-0.39, 0.29) is 24.4 Å². The van der Waals surface area contributed by atoms with E-state index in [4.69, 9.17) is 23.4 Å². The summed E-state index contributed by atoms with van der Waals surface area (Å²) < 4.78 is 26.9. The Hall–Kier alpha value is -4.26. The standard InChI is InChI=1S/C25H20O7/c1-28-18-7-9-19(10-8-18)32-23-15-30-22-13-20(11-12-21(22)25(23)27)29-16-24(26)31-14-17-5-3-2-4-6-17/h2-13,15H,14,16H2,1H3. The summed E-state index contributed by atoms with van der Waals surface area (Å²) in [5.41, 5.74) is 0.879. The Balaban J connectivity index is 1.40. The van der Waals surface area contributed by atoms with E-state index in [1.165, 1.54) is 6.26 Å². The van der Waals surface area contributed by atoms with E-state index in [1.807, 2.05) is 30.3 Å². The molecule has 0 aliphatic rings. The van der Waals surface area contributed by atoms with Gasteiger partial charge in [0.25, 0.3) is 0 Å². The van der Waals surface area contributed by atoms with Crippen LogP contribution in [0.1, 0.15) is 5.56 Å². The van der Waals surface area contributed by atoms with Gasteiger partial charge in [0, 0.05) is 6.07 Å². The van der Waals surface area contributed by atoms with Crippen LogP contribution in [0.15, 0.2) is 88.3 Å². The van der Waals surface area contributed by atoms with Crippen molar-refractivity contribution in [1.29, 1.82) is 0 Å². The van der Waals surface area contributed by atoms with Crippen LogP contribution in [-0.4, -0.2) is 19.7 Å². The molecular weight excluding hydrogens is 412 g/mol. The number of fused-ring (bicyclic) bond motifs is 1. The maximum atomic E-state index is 12.7. The van der Waals surface area contributed by atoms with E-state index in [2.05, 4.69) is 0 Å². The summed E-state index contributed by atoms with van der Waals surface area (Å²) in [5, 5.41) is 0.329. The maximum Gasteiger partial charge on any atom is 0.344 e. The summed E-state index contributed by atoms with van der Waals surface area (Å²) in [5.74, 6) is 1.09. The quantitative estimate of drug-likeness (QED) is 0.373. The Morgan fingerprint density at radius 2 is 1.62 bits per heavy atom. The molecule has 0 saturated heterocycles. The Morgan fingerprint density at radius 1 is 0.906 bits per heavy atom. The van der Waals surface area contributed by atoms with Gasteiger partial charge in [0.1, 0.15) is 35.7 Å². The van der Waals surface area contributed by atoms with Crippen LogP contribution < -0.4 is 19.6 Å². The highest BCUT2D eigenvalue weighted by molar-refractivity contribution is 5.79. The summed E-state index contributed by atoms with van der Waals surface area (Å²) in [6.45, 7) is -0.0894. The number of benzene rings is 3. The number of hydrogen-bond acceptors (Lipinski definition) is 7. The van der Waals surface area contributed by atoms with Crippen LogP contribution in [0.5, 0.6) is 23.0 Å². The number of rotatable bonds is 8. The molecule has 4 rings (SSSR count). The smallest absolute Gasteiger partial charge is 0.344 e. The second-order valence-electron chi connectivity index (χ2n) is 6.80. The lowest BCUT2D eigenvalue weighted by Gasteiger charge is -2.09. The van der Waals surface area contributed by atoms with Crippen molar-refractivity contribution >= 4 is 16.9 Å². The third-order valence-corrected chi connectivity index (χ3v) is 4.60. The highest BCUT2D eigenvalue weighted by Crippen LogP contribution is 2.25. The van der Waals surface area contributed by atoms with Gasteiger partial charge in [-0.3, -0.25) is 4.79 Å². The first-order valence-corrected chi connectivity index (χ1v) is 9.82. The van der Waals surface area contributed by atoms with E-state index < -0.39 is 5.97 Å². The molecule has 7 nitrogen and oxygen atoms in total. The van der Waals surface area contributed by atoms with Gasteiger partial charge in [-0.1, -0.05) is 30.3 Å². The van der Waals surface area contributed by atoms with Crippen LogP contribution in [0, 0.1) is 0 Å². The SMILES string of the molecule is COc1ccc(Oc2coc3cc(OCC(=O)OCc4ccccc4)ccc3c2=O)cc1. The summed E-state index contributed by atoms with van der Waals surface area (Å²) >= 11 is 0. The number of hydrogen-bond donors (Lipinski definition) is 0. The van der Waals surface area contributed by atoms with Crippen LogP contribution in [0.2, 0.25) is 0 Å². The highest BCUT2D eigenvalue weighted by atomic mass is 16.6. The fraction of sp³-hybridized carbons (Fsp3) is 0.120. The van der Waals surface area contributed by atoms with Crippen LogP contribution in [0.25, 0.3) is 11.0 Å². The van der Waals surface area contributed by atoms with Crippen LogP contribution in [0.4, 0.5) is 0 Å². The number of methoxy groups -OCH3 is 1. The van der Waals surface area contributed by atoms with Gasteiger partial charge >= 0.3 is 5.97 Å². The van der Waals surface area contributed by atoms with E-state index in [0.717, 1.165) is 5.56 Å². The highest BCUT2D eigenvalue weighted by Gasteiger charge is 2.11. The molecule has 0 radical (unpaired) electrons. The van der Waals surface area contributed by atoms with E-state index in [0.29, 0.717) is 28.2 Å². The van der Waals surface area contributed by atoms with Crippen molar-refractivity contribution in [3.05, 3.63) is 94.8 Å². The molecule has 0 unspecified atom stereocenters. The topological polar surface area (TPSA) is 84.2 Å². The van der Waals surface area contributed by atoms with E-state index in [9.17, 15) is 9.59 Å². The van der Waals surface area contributed by atoms with E-state index >= 15 is 0 Å². The minimum atomic E-state index is -0.501. The first kappa shape index (κ1) is 21.0. The normalized spacial score (nSPS) is 10.5. The lowest BCUT2D eigenvalue weighted by atomic mass is 10.2. The predicted octanol–water partition coefficient (Wildman–Crippen LogP) is 4.72. The van der Waals surface area contributed by atoms with Crippen LogP contribution in [-0.2, 0) is 16.1 Å². The average Bonchev–Trinajstić information content (AvgIpc) is 2.84. The van der Waals surface area contributed by atoms with Crippen molar-refractivity contribution in [3.8, 4) is 23.0 Å². The lowest BCUT2D eigenvalue weighted by molar-refractivity contribution is -0.147. The van der Waals surface area contributed by atoms with Gasteiger partial charge in [-0.05, 0) is 42.0 Å². The second kappa shape index (κ2) is 9.70. The molecule has 32 heavy (non-hydrogen) atoms. The van der Waals surface area contributed by atoms with Gasteiger partial charge in [0.05, 0.1) is 12.5 Å². The van der Waals surface area contributed by atoms with E-state index in [1.54, 1.807) is 49.6 Å². The lowest BCUT2D eigenvalue weighted by Crippen LogP contribution is -2.14. The van der Waals surface area contributed by atoms with Crippen LogP contribution >= 0.6 is 0 Å². The molecule has 0 amide bonds. The van der Waals surface area contributed by atoms with Crippen molar-refractivity contribution in [2.24, 2.45) is 0 Å². The Morgan fingerprint density at radius 3 is 2.38 bits per heavy atom. The Labute approximate surface area is 183 Å². The molecule has 0 aliphatic carbocycles. The predicted molar refractivity (Wildman–Crippen MR) is 117 cm³/mol. The third kappa shape index (κ3) is 5.07. The Bertz CT molecular complexity index is 1260. The number of ether oxygens (including phenoxy) is 4. The van der Waals surface area contributed by atoms with Gasteiger partial charge in [-0.2, -0.15) is 0 Å². The van der Waals surface area contributed by atoms with Crippen molar-refractivity contribution in [3.63, 3.8) is 0 Å². The monoisotopic (exact) mass is 432 g/mol. The number of esters is 1. The number of carbonyl (C=O) groups is 1. The van der Waals surface area contributed by atoms with Crippen molar-refractivity contribution in [2.45, 2.75) is 6.61 Å². The first-order chi connectivity index (χ1) is 15.6. The summed E-state index contributed by atoms with van der Waals surface area (Å²) in [7, 11) is 1.57. The van der Waals surface area contributed by atoms with Crippen LogP contribution in [0.3, 0.4) is 0 Å². The molecule has 0 aliphatic heterocycles. The zero-order chi connectivity index (χ0) is 22.3. The van der Waals surface area contributed by atoms with Gasteiger partial charge in [-0.15, -0.1) is 0 Å². The molecule has 0 N–H and O–H groups in total. The molecule has 0 saturated carbocycles. The zero-order valence-corrected chi connectivity index (χ0v) is 17.3. The van der Waals surface area contributed by atoms with Gasteiger partial charge in [-0.25, -0.2) is 4.79 Å². The average molecular weight is 432 g/mol. The summed E-state index contributed by atoms with van der Waals surface area (Å²) in [6.07, 6.45) is 1.24. The fourth-order valence-electron chi connectivity index (χ4n) is 2.94. The van der Waals surface area contributed by atoms with Crippen molar-refractivity contribution in [1.82, 2.24) is 0 Å². The van der Waals surface area contributed by atoms with Crippen molar-refractivity contribution in [2.75, 3.05) is 13.7 Å². The Kier molecular flexibility index (Phi) is 6.36. The molecule has 4 aromatic rings. The van der Waals surface area contributed by atoms with Crippen molar-refractivity contribution < 1.29 is 28.2 Å². The second-order valence-corrected chi connectivity index (χ2v) is 6.80. The fourth-order valence-corrected chi connectivity index (χ4v) is 2.94. The van der Waals surface area contributed by atoms with Gasteiger partial charge in [0.15, 0.2) is 6.61 Å². The third-order valence-electron chi connectivity index (χ3n) is 4.60. The molecule has 1 heterocycles. The molecule has 0 fully saturated rings. The molecule has 0 bridgehead atoms. The maximum absolute atomic E-state index is 12.7. The minimum absolute atomic E-state index is 0.0563. The summed E-state index contributed by atoms with van der Waals surface area (Å²) in [4.78, 5) is 24.6. The first-order valence-electron chi connectivity index (χ1n) is 9.82. The summed E-state index contributed by atoms with van der Waals surface area (Å²) in [6, 6.07) is 20.9. The molecule has 0 spiro atoms. The molecular formula is C25H20O7. The minimum Gasteiger partial charge on any atom is -0.497 e.